The van der Waals surface area contributed by atoms with E-state index in [0.29, 0.717) is 5.56 Å². The monoisotopic (exact) mass is 325 g/mol. The molecule has 0 heterocycles. The van der Waals surface area contributed by atoms with E-state index < -0.39 is 5.97 Å². The van der Waals surface area contributed by atoms with E-state index in [2.05, 4.69) is 5.32 Å². The van der Waals surface area contributed by atoms with Crippen molar-refractivity contribution in [3.05, 3.63) is 71.3 Å². The Balaban J connectivity index is 1.86. The number of benzene rings is 2. The summed E-state index contributed by atoms with van der Waals surface area (Å²) in [5.41, 5.74) is 2.26. The van der Waals surface area contributed by atoms with Gasteiger partial charge in [0.05, 0.1) is 7.11 Å². The Morgan fingerprint density at radius 2 is 1.71 bits per heavy atom. The average Bonchev–Trinajstić information content (AvgIpc) is 2.64. The van der Waals surface area contributed by atoms with Crippen molar-refractivity contribution in [1.82, 2.24) is 5.32 Å². The molecule has 2 rings (SSSR count). The van der Waals surface area contributed by atoms with E-state index in [-0.39, 0.29) is 12.5 Å². The van der Waals surface area contributed by atoms with Gasteiger partial charge in [-0.3, -0.25) is 4.79 Å². The van der Waals surface area contributed by atoms with Gasteiger partial charge in [0.1, 0.15) is 12.4 Å². The first-order valence-electron chi connectivity index (χ1n) is 7.42. The molecule has 5 heteroatoms. The van der Waals surface area contributed by atoms with Gasteiger partial charge < -0.3 is 14.8 Å². The molecule has 0 saturated carbocycles. The lowest BCUT2D eigenvalue weighted by atomic mass is 10.1. The van der Waals surface area contributed by atoms with E-state index in [9.17, 15) is 9.59 Å². The zero-order valence-corrected chi connectivity index (χ0v) is 13.6. The molecule has 0 spiro atoms. The average molecular weight is 325 g/mol. The summed E-state index contributed by atoms with van der Waals surface area (Å²) in [6, 6.07) is 14.2. The van der Waals surface area contributed by atoms with Crippen molar-refractivity contribution in [2.24, 2.45) is 0 Å². The first-order chi connectivity index (χ1) is 11.6. The van der Waals surface area contributed by atoms with Crippen LogP contribution in [0.5, 0.6) is 5.75 Å². The minimum atomic E-state index is -0.429. The first-order valence-corrected chi connectivity index (χ1v) is 7.42. The van der Waals surface area contributed by atoms with Crippen LogP contribution in [-0.2, 0) is 16.1 Å². The van der Waals surface area contributed by atoms with Crippen LogP contribution in [0.4, 0.5) is 0 Å². The molecule has 0 aliphatic rings. The summed E-state index contributed by atoms with van der Waals surface area (Å²) in [5, 5.41) is 2.55. The van der Waals surface area contributed by atoms with Gasteiger partial charge in [-0.2, -0.15) is 0 Å². The number of carbonyl (C=O) groups is 2. The van der Waals surface area contributed by atoms with Gasteiger partial charge in [-0.15, -0.1) is 0 Å². The topological polar surface area (TPSA) is 64.6 Å². The summed E-state index contributed by atoms with van der Waals surface area (Å²) in [6.45, 7) is 0.197. The number of carbonyl (C=O) groups excluding carboxylic acids is 2. The Morgan fingerprint density at radius 1 is 1.04 bits per heavy atom. The molecule has 0 fully saturated rings. The Labute approximate surface area is 140 Å². The minimum Gasteiger partial charge on any atom is -0.497 e. The minimum absolute atomic E-state index is 0.149. The van der Waals surface area contributed by atoms with Crippen LogP contribution in [0.15, 0.2) is 54.6 Å². The van der Waals surface area contributed by atoms with Crippen LogP contribution in [0.3, 0.4) is 0 Å². The third-order valence-corrected chi connectivity index (χ3v) is 3.35. The van der Waals surface area contributed by atoms with Crippen molar-refractivity contribution in [2.75, 3.05) is 14.2 Å². The van der Waals surface area contributed by atoms with Gasteiger partial charge in [-0.1, -0.05) is 24.3 Å². The maximum absolute atomic E-state index is 11.7. The lowest BCUT2D eigenvalue weighted by Gasteiger charge is -2.04. The van der Waals surface area contributed by atoms with Crippen LogP contribution in [0.25, 0.3) is 6.08 Å². The second-order valence-electron chi connectivity index (χ2n) is 4.99. The number of esters is 1. The van der Waals surface area contributed by atoms with Gasteiger partial charge >= 0.3 is 5.97 Å². The van der Waals surface area contributed by atoms with E-state index in [0.717, 1.165) is 16.9 Å². The van der Waals surface area contributed by atoms with Crippen LogP contribution in [0.2, 0.25) is 0 Å². The summed E-state index contributed by atoms with van der Waals surface area (Å²) in [4.78, 5) is 23.2. The highest BCUT2D eigenvalue weighted by Crippen LogP contribution is 2.12. The summed E-state index contributed by atoms with van der Waals surface area (Å²) in [7, 11) is 3.18. The Hall–Kier alpha value is -3.08. The van der Waals surface area contributed by atoms with Crippen molar-refractivity contribution in [3.63, 3.8) is 0 Å². The van der Waals surface area contributed by atoms with E-state index in [1.165, 1.54) is 6.08 Å². The SMILES string of the molecule is CNC(=O)c1ccc(/C=C/C(=O)OCc2ccc(OC)cc2)cc1. The molecule has 124 valence electrons. The number of methoxy groups -OCH3 is 1. The predicted molar refractivity (Wildman–Crippen MR) is 91.7 cm³/mol. The van der Waals surface area contributed by atoms with Crippen LogP contribution < -0.4 is 10.1 Å². The maximum Gasteiger partial charge on any atom is 0.331 e. The zero-order chi connectivity index (χ0) is 17.4. The number of rotatable bonds is 6. The van der Waals surface area contributed by atoms with Crippen LogP contribution in [0.1, 0.15) is 21.5 Å². The Morgan fingerprint density at radius 3 is 2.29 bits per heavy atom. The second kappa shape index (κ2) is 8.53. The van der Waals surface area contributed by atoms with E-state index in [1.807, 2.05) is 24.3 Å². The Bertz CT molecular complexity index is 718. The third kappa shape index (κ3) is 4.98. The van der Waals surface area contributed by atoms with Crippen molar-refractivity contribution >= 4 is 18.0 Å². The summed E-state index contributed by atoms with van der Waals surface area (Å²) < 4.78 is 10.2. The van der Waals surface area contributed by atoms with Gasteiger partial charge in [-0.05, 0) is 41.5 Å². The van der Waals surface area contributed by atoms with Gasteiger partial charge in [0.25, 0.3) is 5.91 Å². The van der Waals surface area contributed by atoms with Crippen molar-refractivity contribution in [1.29, 1.82) is 0 Å². The number of amides is 1. The molecule has 1 amide bonds. The lowest BCUT2D eigenvalue weighted by Crippen LogP contribution is -2.17. The molecular weight excluding hydrogens is 306 g/mol. The summed E-state index contributed by atoms with van der Waals surface area (Å²) in [5.74, 6) is 0.177. The Kier molecular flexibility index (Phi) is 6.14. The standard InChI is InChI=1S/C19H19NO4/c1-20-19(22)16-8-3-14(4-9-16)7-12-18(21)24-13-15-5-10-17(23-2)11-6-15/h3-12H,13H2,1-2H3,(H,20,22)/b12-7+. The molecule has 0 atom stereocenters. The molecular formula is C19H19NO4. The number of nitrogens with one attached hydrogen (secondary N) is 1. The smallest absolute Gasteiger partial charge is 0.331 e. The van der Waals surface area contributed by atoms with E-state index >= 15 is 0 Å². The number of hydrogen-bond acceptors (Lipinski definition) is 4. The molecule has 24 heavy (non-hydrogen) atoms. The molecule has 5 nitrogen and oxygen atoms in total. The van der Waals surface area contributed by atoms with E-state index in [4.69, 9.17) is 9.47 Å². The predicted octanol–water partition coefficient (Wildman–Crippen LogP) is 2.81. The first kappa shape index (κ1) is 17.3. The summed E-state index contributed by atoms with van der Waals surface area (Å²) in [6.07, 6.45) is 3.00. The van der Waals surface area contributed by atoms with Crippen LogP contribution in [0, 0.1) is 0 Å². The highest BCUT2D eigenvalue weighted by molar-refractivity contribution is 5.94. The molecule has 0 bridgehead atoms. The fraction of sp³-hybridized carbons (Fsp3) is 0.158. The number of hydrogen-bond donors (Lipinski definition) is 1. The van der Waals surface area contributed by atoms with Gasteiger partial charge in [0.2, 0.25) is 0 Å². The van der Waals surface area contributed by atoms with Crippen LogP contribution in [-0.4, -0.2) is 26.0 Å². The molecule has 0 unspecified atom stereocenters. The molecule has 0 aliphatic carbocycles. The molecule has 0 radical (unpaired) electrons. The maximum atomic E-state index is 11.7. The van der Waals surface area contributed by atoms with E-state index in [1.54, 1.807) is 44.5 Å². The van der Waals surface area contributed by atoms with Crippen molar-refractivity contribution < 1.29 is 19.1 Å². The molecule has 0 aromatic heterocycles. The van der Waals surface area contributed by atoms with Crippen LogP contribution >= 0.6 is 0 Å². The van der Waals surface area contributed by atoms with Gasteiger partial charge in [-0.25, -0.2) is 4.79 Å². The molecule has 1 N–H and O–H groups in total. The molecule has 2 aromatic rings. The zero-order valence-electron chi connectivity index (χ0n) is 13.6. The fourth-order valence-corrected chi connectivity index (χ4v) is 1.98. The molecule has 0 saturated heterocycles. The third-order valence-electron chi connectivity index (χ3n) is 3.35. The highest BCUT2D eigenvalue weighted by atomic mass is 16.5. The normalized spacial score (nSPS) is 10.4. The quantitative estimate of drug-likeness (QED) is 0.655. The molecule has 0 aliphatic heterocycles. The lowest BCUT2D eigenvalue weighted by molar-refractivity contribution is -0.138. The molecule has 2 aromatic carbocycles. The van der Waals surface area contributed by atoms with Gasteiger partial charge in [0, 0.05) is 18.7 Å². The second-order valence-corrected chi connectivity index (χ2v) is 4.99. The highest BCUT2D eigenvalue weighted by Gasteiger charge is 2.02. The van der Waals surface area contributed by atoms with Crippen molar-refractivity contribution in [3.8, 4) is 5.75 Å². The fourth-order valence-electron chi connectivity index (χ4n) is 1.98. The largest absolute Gasteiger partial charge is 0.497 e. The summed E-state index contributed by atoms with van der Waals surface area (Å²) >= 11 is 0. The van der Waals surface area contributed by atoms with Gasteiger partial charge in [0.15, 0.2) is 0 Å². The number of ether oxygens (including phenoxy) is 2. The van der Waals surface area contributed by atoms with Crippen molar-refractivity contribution in [2.45, 2.75) is 6.61 Å².